The molecule has 11 nitrogen and oxygen atoms in total. The highest BCUT2D eigenvalue weighted by atomic mass is 16.8. The summed E-state index contributed by atoms with van der Waals surface area (Å²) in [6.07, 6.45) is -3.41. The number of hydrogen-bond donors (Lipinski definition) is 0. The van der Waals surface area contributed by atoms with Crippen LogP contribution in [0.15, 0.2) is 0 Å². The molecule has 1 saturated carbocycles. The van der Waals surface area contributed by atoms with Gasteiger partial charge >= 0.3 is 23.9 Å². The van der Waals surface area contributed by atoms with Crippen LogP contribution < -0.4 is 0 Å². The molecule has 0 aromatic heterocycles. The maximum absolute atomic E-state index is 12.9. The molecular weight excluding hydrogens is 464 g/mol. The number of hydrogen-bond acceptors (Lipinski definition) is 11. The van der Waals surface area contributed by atoms with E-state index in [1.54, 1.807) is 0 Å². The molecule has 0 radical (unpaired) electrons. The Morgan fingerprint density at radius 1 is 0.971 bits per heavy atom. The molecule has 35 heavy (non-hydrogen) atoms. The number of ether oxygens (including phenoxy) is 7. The summed E-state index contributed by atoms with van der Waals surface area (Å²) in [5.74, 6) is -5.10. The van der Waals surface area contributed by atoms with Crippen molar-refractivity contribution in [3.8, 4) is 0 Å². The lowest BCUT2D eigenvalue weighted by Crippen LogP contribution is -2.74. The third-order valence-corrected chi connectivity index (χ3v) is 6.52. The van der Waals surface area contributed by atoms with E-state index in [4.69, 9.17) is 33.2 Å². The lowest BCUT2D eigenvalue weighted by molar-refractivity contribution is -0.479. The molecule has 198 valence electrons. The van der Waals surface area contributed by atoms with Gasteiger partial charge in [-0.3, -0.25) is 9.59 Å². The van der Waals surface area contributed by atoms with Crippen molar-refractivity contribution in [1.29, 1.82) is 0 Å². The van der Waals surface area contributed by atoms with Crippen molar-refractivity contribution in [3.63, 3.8) is 0 Å². The summed E-state index contributed by atoms with van der Waals surface area (Å²) >= 11 is 0. The molecule has 0 amide bonds. The quantitative estimate of drug-likeness (QED) is 0.377. The minimum atomic E-state index is -1.49. The summed E-state index contributed by atoms with van der Waals surface area (Å²) in [4.78, 5) is 48.2. The monoisotopic (exact) mass is 500 g/mol. The maximum atomic E-state index is 12.9. The van der Waals surface area contributed by atoms with Gasteiger partial charge in [-0.15, -0.1) is 0 Å². The van der Waals surface area contributed by atoms with Crippen LogP contribution in [0.3, 0.4) is 0 Å². The van der Waals surface area contributed by atoms with E-state index in [9.17, 15) is 19.2 Å². The van der Waals surface area contributed by atoms with E-state index in [-0.39, 0.29) is 12.5 Å². The summed E-state index contributed by atoms with van der Waals surface area (Å²) in [6, 6.07) is 0. The zero-order chi connectivity index (χ0) is 26.3. The van der Waals surface area contributed by atoms with Crippen molar-refractivity contribution >= 4 is 23.9 Å². The standard InChI is InChI=1S/C24H36O11/c1-12(29-14(3)25)19(27)32-21-18-23(8)11-17(31-21)34-24(18,10-9-16(23)33-22(5,6)7)35-20(28)13(2)30-15(4)26/h12-13,16-18,21H,9-11H2,1-8H3/t12-,13-,16-,17+,18?,21-,23+,24+/m0/s1. The smallest absolute Gasteiger partial charge is 0.349 e. The Kier molecular flexibility index (Phi) is 7.55. The molecule has 11 heteroatoms. The van der Waals surface area contributed by atoms with E-state index in [0.717, 1.165) is 0 Å². The molecule has 0 N–H and O–H groups in total. The predicted octanol–water partition coefficient (Wildman–Crippen LogP) is 2.38. The SMILES string of the molecule is CC(=O)O[C@@H](C)C(=O)O[C@@H]1O[C@H]2C[C@@]3(C)C1[C@](OC(=O)[C@H](C)OC(C)=O)(CC[C@@H]3OC(C)(C)C)O2. The average molecular weight is 501 g/mol. The van der Waals surface area contributed by atoms with Crippen LogP contribution in [0.1, 0.15) is 74.7 Å². The van der Waals surface area contributed by atoms with Crippen molar-refractivity contribution in [3.05, 3.63) is 0 Å². The summed E-state index contributed by atoms with van der Waals surface area (Å²) in [7, 11) is 0. The van der Waals surface area contributed by atoms with Gasteiger partial charge in [0.1, 0.15) is 0 Å². The molecular formula is C24H36O11. The summed E-state index contributed by atoms with van der Waals surface area (Å²) < 4.78 is 39.8. The number of carbonyl (C=O) groups is 4. The fourth-order valence-electron chi connectivity index (χ4n) is 5.27. The number of fused-ring (bicyclic) bond motifs is 1. The zero-order valence-electron chi connectivity index (χ0n) is 21.6. The van der Waals surface area contributed by atoms with E-state index in [0.29, 0.717) is 12.8 Å². The first-order chi connectivity index (χ1) is 16.1. The van der Waals surface area contributed by atoms with Crippen LogP contribution in [-0.2, 0) is 52.3 Å². The van der Waals surface area contributed by atoms with Gasteiger partial charge in [-0.1, -0.05) is 6.92 Å². The second-order valence-corrected chi connectivity index (χ2v) is 10.7. The first kappa shape index (κ1) is 27.3. The predicted molar refractivity (Wildman–Crippen MR) is 117 cm³/mol. The molecule has 0 aromatic carbocycles. The van der Waals surface area contributed by atoms with Crippen molar-refractivity contribution < 1.29 is 52.3 Å². The van der Waals surface area contributed by atoms with E-state index < -0.39 is 71.4 Å². The van der Waals surface area contributed by atoms with Crippen LogP contribution in [0.25, 0.3) is 0 Å². The Hall–Kier alpha value is -2.24. The summed E-state index contributed by atoms with van der Waals surface area (Å²) in [5.41, 5.74) is -1.12. The number of esters is 4. The van der Waals surface area contributed by atoms with Crippen LogP contribution in [0.4, 0.5) is 0 Å². The molecule has 8 atom stereocenters. The molecule has 1 aliphatic carbocycles. The summed E-state index contributed by atoms with van der Waals surface area (Å²) in [6.45, 7) is 13.0. The van der Waals surface area contributed by atoms with Crippen molar-refractivity contribution in [2.45, 2.75) is 117 Å². The van der Waals surface area contributed by atoms with E-state index >= 15 is 0 Å². The van der Waals surface area contributed by atoms with Gasteiger partial charge in [-0.2, -0.15) is 0 Å². The number of rotatable bonds is 7. The van der Waals surface area contributed by atoms with Crippen LogP contribution >= 0.6 is 0 Å². The normalized spacial score (nSPS) is 35.4. The van der Waals surface area contributed by atoms with Gasteiger partial charge in [0.05, 0.1) is 17.6 Å². The van der Waals surface area contributed by atoms with Crippen molar-refractivity contribution in [2.75, 3.05) is 0 Å². The molecule has 4 fully saturated rings. The highest BCUT2D eigenvalue weighted by Crippen LogP contribution is 2.62. The third kappa shape index (κ3) is 5.78. The zero-order valence-corrected chi connectivity index (χ0v) is 21.6. The minimum Gasteiger partial charge on any atom is -0.451 e. The molecule has 1 unspecified atom stereocenters. The van der Waals surface area contributed by atoms with Gasteiger partial charge in [0, 0.05) is 32.1 Å². The van der Waals surface area contributed by atoms with Gasteiger partial charge in [0.2, 0.25) is 12.1 Å². The lowest BCUT2D eigenvalue weighted by atomic mass is 9.57. The van der Waals surface area contributed by atoms with Crippen LogP contribution in [-0.4, -0.2) is 66.2 Å². The van der Waals surface area contributed by atoms with E-state index in [1.807, 2.05) is 27.7 Å². The fraction of sp³-hybridized carbons (Fsp3) is 0.833. The fourth-order valence-corrected chi connectivity index (χ4v) is 5.27. The van der Waals surface area contributed by atoms with Gasteiger partial charge in [-0.05, 0) is 41.0 Å². The molecule has 4 bridgehead atoms. The molecule has 3 aliphatic heterocycles. The topological polar surface area (TPSA) is 133 Å². The Bertz CT molecular complexity index is 864. The van der Waals surface area contributed by atoms with E-state index in [1.165, 1.54) is 27.7 Å². The number of carbonyl (C=O) groups excluding carboxylic acids is 4. The maximum Gasteiger partial charge on any atom is 0.349 e. The molecule has 4 rings (SSSR count). The Morgan fingerprint density at radius 2 is 1.54 bits per heavy atom. The highest BCUT2D eigenvalue weighted by Gasteiger charge is 2.71. The average Bonchev–Trinajstić information content (AvgIpc) is 2.68. The van der Waals surface area contributed by atoms with Crippen LogP contribution in [0.5, 0.6) is 0 Å². The molecule has 4 aliphatic rings. The van der Waals surface area contributed by atoms with Gasteiger partial charge in [-0.25, -0.2) is 9.59 Å². The van der Waals surface area contributed by atoms with Crippen LogP contribution in [0.2, 0.25) is 0 Å². The van der Waals surface area contributed by atoms with Crippen molar-refractivity contribution in [2.24, 2.45) is 11.3 Å². The largest absolute Gasteiger partial charge is 0.451 e. The lowest BCUT2D eigenvalue weighted by Gasteiger charge is -2.65. The minimum absolute atomic E-state index is 0.250. The molecule has 0 spiro atoms. The highest BCUT2D eigenvalue weighted by molar-refractivity contribution is 5.79. The van der Waals surface area contributed by atoms with Gasteiger partial charge < -0.3 is 33.2 Å². The van der Waals surface area contributed by atoms with Gasteiger partial charge in [0.15, 0.2) is 18.5 Å². The van der Waals surface area contributed by atoms with Crippen LogP contribution in [0, 0.1) is 11.3 Å². The Balaban J connectivity index is 1.93. The second-order valence-electron chi connectivity index (χ2n) is 10.7. The van der Waals surface area contributed by atoms with E-state index in [2.05, 4.69) is 0 Å². The molecule has 0 aromatic rings. The third-order valence-electron chi connectivity index (χ3n) is 6.52. The Labute approximate surface area is 205 Å². The molecule has 3 heterocycles. The first-order valence-electron chi connectivity index (χ1n) is 11.9. The molecule has 3 saturated heterocycles. The van der Waals surface area contributed by atoms with Gasteiger partial charge in [0.25, 0.3) is 0 Å². The summed E-state index contributed by atoms with van der Waals surface area (Å²) in [5, 5.41) is 0. The Morgan fingerprint density at radius 3 is 2.09 bits per heavy atom. The van der Waals surface area contributed by atoms with Crippen molar-refractivity contribution in [1.82, 2.24) is 0 Å². The second kappa shape index (κ2) is 9.67. The first-order valence-corrected chi connectivity index (χ1v) is 11.9.